The van der Waals surface area contributed by atoms with Crippen molar-refractivity contribution in [2.24, 2.45) is 0 Å². The van der Waals surface area contributed by atoms with E-state index in [9.17, 15) is 22.8 Å². The number of carbonyl (C=O) groups is 2. The average molecular weight is 537 g/mol. The molecule has 1 fully saturated rings. The average Bonchev–Trinajstić information content (AvgIpc) is 3.13. The molecule has 2 atom stereocenters. The van der Waals surface area contributed by atoms with E-state index in [2.05, 4.69) is 0 Å². The fourth-order valence-corrected chi connectivity index (χ4v) is 4.46. The summed E-state index contributed by atoms with van der Waals surface area (Å²) in [7, 11) is 1.72. The molecule has 2 amide bonds. The number of amides is 2. The second-order valence-electron chi connectivity index (χ2n) is 9.46. The Bertz CT molecular complexity index is 1080. The van der Waals surface area contributed by atoms with Gasteiger partial charge in [-0.2, -0.15) is 13.2 Å². The molecule has 2 aromatic rings. The van der Waals surface area contributed by atoms with E-state index in [4.69, 9.17) is 14.2 Å². The maximum atomic E-state index is 12.8. The second-order valence-corrected chi connectivity index (χ2v) is 9.46. The van der Waals surface area contributed by atoms with Crippen molar-refractivity contribution in [2.45, 2.75) is 58.0 Å². The van der Waals surface area contributed by atoms with Crippen molar-refractivity contribution in [2.75, 3.05) is 33.4 Å². The van der Waals surface area contributed by atoms with Crippen LogP contribution in [0.4, 0.5) is 18.0 Å². The summed E-state index contributed by atoms with van der Waals surface area (Å²) in [4.78, 5) is 28.3. The van der Waals surface area contributed by atoms with Crippen LogP contribution in [-0.4, -0.2) is 66.9 Å². The van der Waals surface area contributed by atoms with Crippen molar-refractivity contribution >= 4 is 12.0 Å². The van der Waals surface area contributed by atoms with E-state index in [1.54, 1.807) is 30.7 Å². The van der Waals surface area contributed by atoms with Gasteiger partial charge in [0, 0.05) is 39.6 Å². The monoisotopic (exact) mass is 536 g/mol. The van der Waals surface area contributed by atoms with Gasteiger partial charge in [0.05, 0.1) is 24.8 Å². The molecule has 0 N–H and O–H groups in total. The Balaban J connectivity index is 1.50. The van der Waals surface area contributed by atoms with Gasteiger partial charge in [0.15, 0.2) is 5.60 Å². The largest absolute Gasteiger partial charge is 0.494 e. The lowest BCUT2D eigenvalue weighted by atomic mass is 9.96. The van der Waals surface area contributed by atoms with Gasteiger partial charge in [0.2, 0.25) is 0 Å². The number of likely N-dealkylation sites (N-methyl/N-ethyl adjacent to an activating group) is 1. The van der Waals surface area contributed by atoms with E-state index < -0.39 is 23.3 Å². The van der Waals surface area contributed by atoms with Gasteiger partial charge in [-0.15, -0.1) is 0 Å². The molecule has 7 nitrogen and oxygen atoms in total. The number of hydrogen-bond donors (Lipinski definition) is 0. The fraction of sp³-hybridized carbons (Fsp3) is 0.500. The molecule has 1 saturated heterocycles. The van der Waals surface area contributed by atoms with Crippen molar-refractivity contribution in [3.8, 4) is 5.75 Å². The molecule has 1 aliphatic heterocycles. The Morgan fingerprint density at radius 2 is 1.63 bits per heavy atom. The SMILES string of the molecule is CCOC(=O)[C@](C)(Cc1ccc(OCCC2CN(Cc3ccc(C(F)(F)F)cc3)C(=O)N2C)cc1)OCC. The van der Waals surface area contributed by atoms with Crippen LogP contribution in [0.15, 0.2) is 48.5 Å². The van der Waals surface area contributed by atoms with Gasteiger partial charge in [-0.1, -0.05) is 24.3 Å². The number of carbonyl (C=O) groups excluding carboxylic acids is 2. The molecule has 38 heavy (non-hydrogen) atoms. The summed E-state index contributed by atoms with van der Waals surface area (Å²) >= 11 is 0. The van der Waals surface area contributed by atoms with Crippen molar-refractivity contribution in [3.63, 3.8) is 0 Å². The van der Waals surface area contributed by atoms with Crippen LogP contribution in [0.3, 0.4) is 0 Å². The lowest BCUT2D eigenvalue weighted by Crippen LogP contribution is -2.42. The van der Waals surface area contributed by atoms with E-state index in [-0.39, 0.29) is 25.2 Å². The topological polar surface area (TPSA) is 68.3 Å². The molecule has 10 heteroatoms. The highest BCUT2D eigenvalue weighted by Crippen LogP contribution is 2.30. The maximum Gasteiger partial charge on any atom is 0.416 e. The summed E-state index contributed by atoms with van der Waals surface area (Å²) in [6.07, 6.45) is -3.43. The zero-order chi connectivity index (χ0) is 27.9. The zero-order valence-corrected chi connectivity index (χ0v) is 22.2. The van der Waals surface area contributed by atoms with Crippen LogP contribution in [-0.2, 0) is 33.4 Å². The summed E-state index contributed by atoms with van der Waals surface area (Å²) < 4.78 is 55.1. The summed E-state index contributed by atoms with van der Waals surface area (Å²) in [5.74, 6) is 0.265. The van der Waals surface area contributed by atoms with Crippen LogP contribution < -0.4 is 4.74 Å². The molecule has 3 rings (SSSR count). The Morgan fingerprint density at radius 1 is 1.00 bits per heavy atom. The molecular formula is C28H35F3N2O5. The van der Waals surface area contributed by atoms with E-state index in [0.717, 1.165) is 17.7 Å². The van der Waals surface area contributed by atoms with Crippen molar-refractivity contribution in [3.05, 3.63) is 65.2 Å². The normalized spacial score (nSPS) is 17.4. The number of benzene rings is 2. The molecule has 0 bridgehead atoms. The third-order valence-corrected chi connectivity index (χ3v) is 6.56. The van der Waals surface area contributed by atoms with Gasteiger partial charge in [0.1, 0.15) is 5.75 Å². The predicted molar refractivity (Wildman–Crippen MR) is 136 cm³/mol. The number of halogens is 3. The first kappa shape index (κ1) is 29.3. The quantitative estimate of drug-likeness (QED) is 0.344. The number of esters is 1. The van der Waals surface area contributed by atoms with E-state index in [0.29, 0.717) is 43.9 Å². The maximum absolute atomic E-state index is 12.8. The number of urea groups is 1. The molecule has 0 saturated carbocycles. The van der Waals surface area contributed by atoms with Crippen molar-refractivity contribution in [1.29, 1.82) is 0 Å². The number of hydrogen-bond acceptors (Lipinski definition) is 5. The Hall–Kier alpha value is -3.27. The smallest absolute Gasteiger partial charge is 0.416 e. The molecular weight excluding hydrogens is 501 g/mol. The van der Waals surface area contributed by atoms with E-state index >= 15 is 0 Å². The number of rotatable bonds is 12. The first-order valence-corrected chi connectivity index (χ1v) is 12.7. The van der Waals surface area contributed by atoms with Gasteiger partial charge in [-0.3, -0.25) is 0 Å². The Morgan fingerprint density at radius 3 is 2.21 bits per heavy atom. The van der Waals surface area contributed by atoms with Crippen LogP contribution in [0.2, 0.25) is 0 Å². The summed E-state index contributed by atoms with van der Waals surface area (Å²) in [5, 5.41) is 0. The van der Waals surface area contributed by atoms with Crippen LogP contribution >= 0.6 is 0 Å². The third-order valence-electron chi connectivity index (χ3n) is 6.56. The van der Waals surface area contributed by atoms with Crippen molar-refractivity contribution < 1.29 is 37.0 Å². The Kier molecular flexibility index (Phi) is 9.65. The van der Waals surface area contributed by atoms with Gasteiger partial charge < -0.3 is 24.0 Å². The molecule has 1 heterocycles. The van der Waals surface area contributed by atoms with Gasteiger partial charge in [-0.25, -0.2) is 9.59 Å². The second kappa shape index (κ2) is 12.5. The Labute approximate surface area is 221 Å². The first-order chi connectivity index (χ1) is 18.0. The van der Waals surface area contributed by atoms with Gasteiger partial charge in [0.25, 0.3) is 0 Å². The number of alkyl halides is 3. The van der Waals surface area contributed by atoms with Crippen LogP contribution in [0, 0.1) is 0 Å². The van der Waals surface area contributed by atoms with E-state index in [1.807, 2.05) is 31.2 Å². The zero-order valence-electron chi connectivity index (χ0n) is 22.2. The highest BCUT2D eigenvalue weighted by Gasteiger charge is 2.36. The molecule has 0 spiro atoms. The summed E-state index contributed by atoms with van der Waals surface area (Å²) in [6.45, 7) is 7.06. The number of ether oxygens (including phenoxy) is 3. The van der Waals surface area contributed by atoms with E-state index in [1.165, 1.54) is 12.1 Å². The molecule has 208 valence electrons. The summed E-state index contributed by atoms with van der Waals surface area (Å²) in [6, 6.07) is 12.0. The molecule has 0 radical (unpaired) electrons. The predicted octanol–water partition coefficient (Wildman–Crippen LogP) is 5.31. The minimum Gasteiger partial charge on any atom is -0.494 e. The first-order valence-electron chi connectivity index (χ1n) is 12.7. The fourth-order valence-electron chi connectivity index (χ4n) is 4.46. The molecule has 0 aliphatic carbocycles. The molecule has 2 aromatic carbocycles. The van der Waals surface area contributed by atoms with Crippen LogP contribution in [0.1, 0.15) is 43.9 Å². The molecule has 1 aliphatic rings. The standard InChI is InChI=1S/C28H35F3N2O5/c1-5-36-25(34)27(3,38-6-2)17-20-9-13-24(14-10-20)37-16-15-23-19-33(26(35)32(23)4)18-21-7-11-22(12-8-21)28(29,30)31/h7-14,23H,5-6,15-19H2,1-4H3/t23?,27-/m0/s1. The minimum atomic E-state index is -4.39. The molecule has 0 aromatic heterocycles. The van der Waals surface area contributed by atoms with Gasteiger partial charge in [-0.05, 0) is 56.2 Å². The van der Waals surface area contributed by atoms with Crippen molar-refractivity contribution in [1.82, 2.24) is 9.80 Å². The highest BCUT2D eigenvalue weighted by molar-refractivity contribution is 5.79. The van der Waals surface area contributed by atoms with Crippen LogP contribution in [0.25, 0.3) is 0 Å². The van der Waals surface area contributed by atoms with Gasteiger partial charge >= 0.3 is 18.2 Å². The number of nitrogens with zero attached hydrogens (tertiary/aromatic N) is 2. The van der Waals surface area contributed by atoms with Crippen LogP contribution in [0.5, 0.6) is 5.75 Å². The highest BCUT2D eigenvalue weighted by atomic mass is 19.4. The molecule has 1 unspecified atom stereocenters. The minimum absolute atomic E-state index is 0.0762. The lowest BCUT2D eigenvalue weighted by Gasteiger charge is -2.27. The lowest BCUT2D eigenvalue weighted by molar-refractivity contribution is -0.169. The third kappa shape index (κ3) is 7.40. The summed E-state index contributed by atoms with van der Waals surface area (Å²) in [5.41, 5.74) is -0.239.